The van der Waals surface area contributed by atoms with Gasteiger partial charge in [0.05, 0.1) is 6.04 Å². The molecule has 2 aliphatic rings. The third kappa shape index (κ3) is 7.18. The second kappa shape index (κ2) is 11.5. The Kier molecular flexibility index (Phi) is 11.5. The van der Waals surface area contributed by atoms with Crippen molar-refractivity contribution in [3.05, 3.63) is 0 Å². The first kappa shape index (κ1) is 21.0. The average Bonchev–Trinajstić information content (AvgIpc) is 2.98. The van der Waals surface area contributed by atoms with E-state index in [4.69, 9.17) is 0 Å². The minimum atomic E-state index is 0. The highest BCUT2D eigenvalue weighted by Crippen LogP contribution is 2.21. The summed E-state index contributed by atoms with van der Waals surface area (Å²) in [6, 6.07) is 0.844. The van der Waals surface area contributed by atoms with Crippen molar-refractivity contribution in [2.75, 3.05) is 26.7 Å². The highest BCUT2D eigenvalue weighted by molar-refractivity contribution is 5.85. The average molecular weight is 340 g/mol. The quantitative estimate of drug-likeness (QED) is 0.730. The molecule has 1 heterocycles. The molecule has 0 aromatic rings. The van der Waals surface area contributed by atoms with Gasteiger partial charge in [0.25, 0.3) is 0 Å². The van der Waals surface area contributed by atoms with Gasteiger partial charge < -0.3 is 15.5 Å². The SMILES string of the molecule is CN(CCCNC(=O)C1CCCN1)C1CCCCC1.Cl.Cl. The van der Waals surface area contributed by atoms with Crippen molar-refractivity contribution < 1.29 is 4.79 Å². The van der Waals surface area contributed by atoms with E-state index in [0.29, 0.717) is 0 Å². The predicted octanol–water partition coefficient (Wildman–Crippen LogP) is 2.35. The van der Waals surface area contributed by atoms with Crippen LogP contribution in [-0.2, 0) is 4.79 Å². The number of carbonyl (C=O) groups excluding carboxylic acids is 1. The van der Waals surface area contributed by atoms with Gasteiger partial charge in [0.1, 0.15) is 0 Å². The van der Waals surface area contributed by atoms with E-state index >= 15 is 0 Å². The molecule has 1 unspecified atom stereocenters. The lowest BCUT2D eigenvalue weighted by atomic mass is 9.94. The van der Waals surface area contributed by atoms with Gasteiger partial charge in [-0.25, -0.2) is 0 Å². The fourth-order valence-electron chi connectivity index (χ4n) is 3.28. The Hall–Kier alpha value is -0.0300. The number of rotatable bonds is 6. The fraction of sp³-hybridized carbons (Fsp3) is 0.933. The molecule has 2 rings (SSSR count). The summed E-state index contributed by atoms with van der Waals surface area (Å²) in [5.74, 6) is 0.192. The Morgan fingerprint density at radius 2 is 1.86 bits per heavy atom. The minimum absolute atomic E-state index is 0. The summed E-state index contributed by atoms with van der Waals surface area (Å²) in [7, 11) is 2.23. The number of nitrogens with zero attached hydrogens (tertiary/aromatic N) is 1. The second-order valence-electron chi connectivity index (χ2n) is 6.07. The summed E-state index contributed by atoms with van der Waals surface area (Å²) in [6.45, 7) is 2.90. The largest absolute Gasteiger partial charge is 0.355 e. The van der Waals surface area contributed by atoms with Gasteiger partial charge in [0.15, 0.2) is 0 Å². The van der Waals surface area contributed by atoms with Gasteiger partial charge in [-0.15, -0.1) is 24.8 Å². The highest BCUT2D eigenvalue weighted by Gasteiger charge is 2.21. The topological polar surface area (TPSA) is 44.4 Å². The number of carbonyl (C=O) groups is 1. The van der Waals surface area contributed by atoms with Crippen molar-refractivity contribution in [1.29, 1.82) is 0 Å². The normalized spacial score (nSPS) is 22.5. The number of hydrogen-bond acceptors (Lipinski definition) is 3. The summed E-state index contributed by atoms with van der Waals surface area (Å²) in [6.07, 6.45) is 10.1. The van der Waals surface area contributed by atoms with Gasteiger partial charge in [-0.2, -0.15) is 0 Å². The molecule has 4 nitrogen and oxygen atoms in total. The number of halogens is 2. The van der Waals surface area contributed by atoms with Crippen LogP contribution in [-0.4, -0.2) is 49.6 Å². The van der Waals surface area contributed by atoms with Crippen LogP contribution in [0.5, 0.6) is 0 Å². The van der Waals surface area contributed by atoms with Crippen molar-refractivity contribution in [3.63, 3.8) is 0 Å². The first-order valence-electron chi connectivity index (χ1n) is 7.98. The standard InChI is InChI=1S/C15H29N3O.2ClH/c1-18(13-7-3-2-4-8-13)12-6-11-17-15(19)14-9-5-10-16-14;;/h13-14,16H,2-12H2,1H3,(H,17,19);2*1H. The molecule has 2 N–H and O–H groups in total. The molecular formula is C15H31Cl2N3O. The van der Waals surface area contributed by atoms with E-state index in [-0.39, 0.29) is 36.8 Å². The second-order valence-corrected chi connectivity index (χ2v) is 6.07. The lowest BCUT2D eigenvalue weighted by Crippen LogP contribution is -2.41. The van der Waals surface area contributed by atoms with E-state index in [0.717, 1.165) is 44.9 Å². The molecule has 0 bridgehead atoms. The Bertz CT molecular complexity index is 280. The molecule has 6 heteroatoms. The zero-order valence-electron chi connectivity index (χ0n) is 13.1. The van der Waals surface area contributed by atoms with Crippen molar-refractivity contribution in [2.24, 2.45) is 0 Å². The van der Waals surface area contributed by atoms with Crippen molar-refractivity contribution in [3.8, 4) is 0 Å². The summed E-state index contributed by atoms with van der Waals surface area (Å²) in [4.78, 5) is 14.3. The van der Waals surface area contributed by atoms with E-state index in [1.807, 2.05) is 0 Å². The van der Waals surface area contributed by atoms with Crippen LogP contribution < -0.4 is 10.6 Å². The molecule has 0 radical (unpaired) electrons. The van der Waals surface area contributed by atoms with E-state index in [1.54, 1.807) is 0 Å². The van der Waals surface area contributed by atoms with E-state index in [9.17, 15) is 4.79 Å². The van der Waals surface area contributed by atoms with Crippen LogP contribution in [0.2, 0.25) is 0 Å². The van der Waals surface area contributed by atoms with Crippen LogP contribution in [0.1, 0.15) is 51.4 Å². The molecule has 1 aliphatic carbocycles. The van der Waals surface area contributed by atoms with Gasteiger partial charge in [-0.3, -0.25) is 4.79 Å². The summed E-state index contributed by atoms with van der Waals surface area (Å²) in [5.41, 5.74) is 0. The van der Waals surface area contributed by atoms with Crippen LogP contribution in [0.15, 0.2) is 0 Å². The molecular weight excluding hydrogens is 309 g/mol. The smallest absolute Gasteiger partial charge is 0.237 e. The maximum Gasteiger partial charge on any atom is 0.237 e. The van der Waals surface area contributed by atoms with Gasteiger partial charge in [0, 0.05) is 12.6 Å². The Morgan fingerprint density at radius 1 is 1.14 bits per heavy atom. The molecule has 126 valence electrons. The Balaban J connectivity index is 0.00000200. The summed E-state index contributed by atoms with van der Waals surface area (Å²) < 4.78 is 0. The number of amides is 1. The first-order chi connectivity index (χ1) is 9.27. The van der Waals surface area contributed by atoms with Crippen molar-refractivity contribution >= 4 is 30.7 Å². The van der Waals surface area contributed by atoms with Gasteiger partial charge in [-0.1, -0.05) is 19.3 Å². The molecule has 0 aromatic carbocycles. The van der Waals surface area contributed by atoms with Crippen LogP contribution in [0.3, 0.4) is 0 Å². The molecule has 1 amide bonds. The Labute approximate surface area is 141 Å². The highest BCUT2D eigenvalue weighted by atomic mass is 35.5. The van der Waals surface area contributed by atoms with Gasteiger partial charge in [0.2, 0.25) is 5.91 Å². The van der Waals surface area contributed by atoms with Crippen LogP contribution in [0.25, 0.3) is 0 Å². The third-order valence-electron chi connectivity index (χ3n) is 4.56. The third-order valence-corrected chi connectivity index (χ3v) is 4.56. The van der Waals surface area contributed by atoms with Crippen molar-refractivity contribution in [2.45, 2.75) is 63.5 Å². The maximum atomic E-state index is 11.8. The molecule has 2 fully saturated rings. The van der Waals surface area contributed by atoms with Gasteiger partial charge in [-0.05, 0) is 52.2 Å². The molecule has 1 atom stereocenters. The van der Waals surface area contributed by atoms with E-state index < -0.39 is 0 Å². The minimum Gasteiger partial charge on any atom is -0.355 e. The number of nitrogens with one attached hydrogen (secondary N) is 2. The van der Waals surface area contributed by atoms with Gasteiger partial charge >= 0.3 is 0 Å². The molecule has 1 saturated carbocycles. The fourth-order valence-corrected chi connectivity index (χ4v) is 3.28. The zero-order valence-corrected chi connectivity index (χ0v) is 14.7. The molecule has 21 heavy (non-hydrogen) atoms. The lowest BCUT2D eigenvalue weighted by Gasteiger charge is -2.31. The van der Waals surface area contributed by atoms with Crippen molar-refractivity contribution in [1.82, 2.24) is 15.5 Å². The summed E-state index contributed by atoms with van der Waals surface area (Å²) in [5, 5.41) is 6.29. The molecule has 1 aliphatic heterocycles. The monoisotopic (exact) mass is 339 g/mol. The van der Waals surface area contributed by atoms with Crippen LogP contribution in [0.4, 0.5) is 0 Å². The van der Waals surface area contributed by atoms with Crippen LogP contribution in [0, 0.1) is 0 Å². The number of hydrogen-bond donors (Lipinski definition) is 2. The summed E-state index contributed by atoms with van der Waals surface area (Å²) >= 11 is 0. The van der Waals surface area contributed by atoms with E-state index in [1.165, 1.54) is 32.1 Å². The van der Waals surface area contributed by atoms with E-state index in [2.05, 4.69) is 22.6 Å². The predicted molar refractivity (Wildman–Crippen MR) is 92.7 cm³/mol. The molecule has 0 spiro atoms. The lowest BCUT2D eigenvalue weighted by molar-refractivity contribution is -0.122. The first-order valence-corrected chi connectivity index (χ1v) is 7.98. The molecule has 1 saturated heterocycles. The zero-order chi connectivity index (χ0) is 13.5. The molecule has 0 aromatic heterocycles. The maximum absolute atomic E-state index is 11.8. The van der Waals surface area contributed by atoms with Crippen LogP contribution >= 0.6 is 24.8 Å². The Morgan fingerprint density at radius 3 is 2.48 bits per heavy atom.